The van der Waals surface area contributed by atoms with E-state index in [0.29, 0.717) is 5.56 Å². The molecule has 0 bridgehead atoms. The van der Waals surface area contributed by atoms with Crippen molar-refractivity contribution in [2.45, 2.75) is 11.8 Å². The minimum Gasteiger partial charge on any atom is -0.478 e. The molecule has 0 aromatic heterocycles. The quantitative estimate of drug-likeness (QED) is 0.857. The predicted octanol–water partition coefficient (Wildman–Crippen LogP) is 0.944. The highest BCUT2D eigenvalue weighted by atomic mass is 32.2. The molecule has 0 aliphatic rings. The third kappa shape index (κ3) is 2.07. The van der Waals surface area contributed by atoms with Crippen molar-refractivity contribution >= 4 is 16.0 Å². The van der Waals surface area contributed by atoms with Crippen molar-refractivity contribution in [3.63, 3.8) is 0 Å². The molecule has 0 fully saturated rings. The zero-order valence-corrected chi connectivity index (χ0v) is 10.1. The van der Waals surface area contributed by atoms with E-state index >= 15 is 0 Å². The van der Waals surface area contributed by atoms with Crippen molar-refractivity contribution in [2.24, 2.45) is 0 Å². The van der Waals surface area contributed by atoms with E-state index in [4.69, 9.17) is 5.11 Å². The van der Waals surface area contributed by atoms with Gasteiger partial charge in [-0.15, -0.1) is 0 Å². The van der Waals surface area contributed by atoms with Crippen LogP contribution in [-0.2, 0) is 10.0 Å². The molecule has 0 radical (unpaired) electrons. The van der Waals surface area contributed by atoms with E-state index < -0.39 is 16.0 Å². The van der Waals surface area contributed by atoms with Gasteiger partial charge in [-0.3, -0.25) is 0 Å². The van der Waals surface area contributed by atoms with Gasteiger partial charge in [0.25, 0.3) is 0 Å². The minimum atomic E-state index is -3.73. The van der Waals surface area contributed by atoms with Crippen molar-refractivity contribution < 1.29 is 18.3 Å². The molecule has 0 amide bonds. The van der Waals surface area contributed by atoms with Crippen LogP contribution in [0.15, 0.2) is 23.1 Å². The van der Waals surface area contributed by atoms with Crippen LogP contribution < -0.4 is 0 Å². The fourth-order valence-electron chi connectivity index (χ4n) is 1.35. The number of hydrogen-bond donors (Lipinski definition) is 1. The zero-order chi connectivity index (χ0) is 12.5. The number of aryl methyl sites for hydroxylation is 1. The average Bonchev–Trinajstić information content (AvgIpc) is 2.16. The van der Waals surface area contributed by atoms with E-state index in [1.807, 2.05) is 0 Å². The highest BCUT2D eigenvalue weighted by Gasteiger charge is 2.26. The summed E-state index contributed by atoms with van der Waals surface area (Å²) in [5.41, 5.74) is 0.224. The second kappa shape index (κ2) is 4.23. The summed E-state index contributed by atoms with van der Waals surface area (Å²) in [4.78, 5) is 10.8. The normalized spacial score (nSPS) is 11.8. The van der Waals surface area contributed by atoms with E-state index in [9.17, 15) is 13.2 Å². The summed E-state index contributed by atoms with van der Waals surface area (Å²) >= 11 is 0. The van der Waals surface area contributed by atoms with Crippen LogP contribution in [-0.4, -0.2) is 37.9 Å². The SMILES string of the molecule is Cc1cccc(C(=O)O)c1S(=O)(=O)N(C)C. The molecule has 1 aromatic rings. The highest BCUT2D eigenvalue weighted by molar-refractivity contribution is 7.89. The van der Waals surface area contributed by atoms with Gasteiger partial charge in [-0.25, -0.2) is 17.5 Å². The summed E-state index contributed by atoms with van der Waals surface area (Å²) < 4.78 is 24.9. The first kappa shape index (κ1) is 12.7. The largest absolute Gasteiger partial charge is 0.478 e. The zero-order valence-electron chi connectivity index (χ0n) is 9.26. The lowest BCUT2D eigenvalue weighted by molar-refractivity contribution is 0.0692. The van der Waals surface area contributed by atoms with Crippen molar-refractivity contribution in [3.05, 3.63) is 29.3 Å². The van der Waals surface area contributed by atoms with Crippen LogP contribution in [0.2, 0.25) is 0 Å². The predicted molar refractivity (Wildman–Crippen MR) is 59.0 cm³/mol. The first-order valence-electron chi connectivity index (χ1n) is 4.54. The number of sulfonamides is 1. The van der Waals surface area contributed by atoms with Crippen LogP contribution in [0.3, 0.4) is 0 Å². The molecular formula is C10H13NO4S. The maximum atomic E-state index is 11.9. The van der Waals surface area contributed by atoms with E-state index in [-0.39, 0.29) is 10.5 Å². The molecule has 0 saturated heterocycles. The minimum absolute atomic E-state index is 0.146. The second-order valence-corrected chi connectivity index (χ2v) is 5.63. The molecule has 0 spiro atoms. The summed E-state index contributed by atoms with van der Waals surface area (Å²) in [6.45, 7) is 1.57. The molecule has 5 nitrogen and oxygen atoms in total. The number of rotatable bonds is 3. The van der Waals surface area contributed by atoms with Gasteiger partial charge >= 0.3 is 5.97 Å². The molecule has 0 unspecified atom stereocenters. The van der Waals surface area contributed by atoms with E-state index in [0.717, 1.165) is 4.31 Å². The fourth-order valence-corrected chi connectivity index (χ4v) is 2.62. The van der Waals surface area contributed by atoms with Gasteiger partial charge < -0.3 is 5.11 Å². The van der Waals surface area contributed by atoms with Crippen molar-refractivity contribution in [3.8, 4) is 0 Å². The lowest BCUT2D eigenvalue weighted by Crippen LogP contribution is -2.25. The summed E-state index contributed by atoms with van der Waals surface area (Å²) in [5.74, 6) is -1.25. The van der Waals surface area contributed by atoms with Gasteiger partial charge in [0, 0.05) is 14.1 Å². The number of carboxylic acids is 1. The van der Waals surface area contributed by atoms with Crippen LogP contribution >= 0.6 is 0 Å². The highest BCUT2D eigenvalue weighted by Crippen LogP contribution is 2.22. The van der Waals surface area contributed by atoms with Gasteiger partial charge in [0.1, 0.15) is 0 Å². The van der Waals surface area contributed by atoms with Crippen LogP contribution in [0.4, 0.5) is 0 Å². The first-order valence-corrected chi connectivity index (χ1v) is 5.98. The number of nitrogens with zero attached hydrogens (tertiary/aromatic N) is 1. The van der Waals surface area contributed by atoms with E-state index in [1.165, 1.54) is 26.2 Å². The Morgan fingerprint density at radius 2 is 1.88 bits per heavy atom. The molecular weight excluding hydrogens is 230 g/mol. The van der Waals surface area contributed by atoms with Crippen molar-refractivity contribution in [2.75, 3.05) is 14.1 Å². The summed E-state index contributed by atoms with van der Waals surface area (Å²) in [7, 11) is -0.994. The van der Waals surface area contributed by atoms with Crippen LogP contribution in [0, 0.1) is 6.92 Å². The molecule has 16 heavy (non-hydrogen) atoms. The Balaban J connectivity index is 3.62. The van der Waals surface area contributed by atoms with Gasteiger partial charge in [0.15, 0.2) is 0 Å². The topological polar surface area (TPSA) is 74.7 Å². The lowest BCUT2D eigenvalue weighted by Gasteiger charge is -2.15. The van der Waals surface area contributed by atoms with Gasteiger partial charge in [-0.05, 0) is 18.6 Å². The van der Waals surface area contributed by atoms with E-state index in [2.05, 4.69) is 0 Å². The number of carbonyl (C=O) groups is 1. The van der Waals surface area contributed by atoms with E-state index in [1.54, 1.807) is 13.0 Å². The van der Waals surface area contributed by atoms with Crippen LogP contribution in [0.1, 0.15) is 15.9 Å². The molecule has 0 atom stereocenters. The average molecular weight is 243 g/mol. The Hall–Kier alpha value is -1.40. The van der Waals surface area contributed by atoms with Crippen LogP contribution in [0.5, 0.6) is 0 Å². The Labute approximate surface area is 94.4 Å². The van der Waals surface area contributed by atoms with Gasteiger partial charge in [-0.2, -0.15) is 0 Å². The summed E-state index contributed by atoms with van der Waals surface area (Å²) in [6, 6.07) is 4.38. The molecule has 88 valence electrons. The molecule has 1 rings (SSSR count). The number of benzene rings is 1. The van der Waals surface area contributed by atoms with Crippen molar-refractivity contribution in [1.29, 1.82) is 0 Å². The first-order chi connectivity index (χ1) is 7.28. The maximum absolute atomic E-state index is 11.9. The Morgan fingerprint density at radius 3 is 2.31 bits per heavy atom. The summed E-state index contributed by atoms with van der Waals surface area (Å²) in [6.07, 6.45) is 0. The molecule has 0 saturated carbocycles. The van der Waals surface area contributed by atoms with Crippen LogP contribution in [0.25, 0.3) is 0 Å². The number of hydrogen-bond acceptors (Lipinski definition) is 3. The Kier molecular flexibility index (Phi) is 3.35. The van der Waals surface area contributed by atoms with Gasteiger partial charge in [-0.1, -0.05) is 12.1 Å². The maximum Gasteiger partial charge on any atom is 0.337 e. The molecule has 1 N–H and O–H groups in total. The number of aromatic carboxylic acids is 1. The Bertz CT molecular complexity index is 520. The third-order valence-electron chi connectivity index (χ3n) is 2.18. The van der Waals surface area contributed by atoms with Crippen molar-refractivity contribution in [1.82, 2.24) is 4.31 Å². The third-order valence-corrected chi connectivity index (χ3v) is 4.20. The summed E-state index contributed by atoms with van der Waals surface area (Å²) in [5, 5.41) is 8.95. The molecule has 0 heterocycles. The molecule has 0 aliphatic heterocycles. The fraction of sp³-hybridized carbons (Fsp3) is 0.300. The Morgan fingerprint density at radius 1 is 1.31 bits per heavy atom. The smallest absolute Gasteiger partial charge is 0.337 e. The van der Waals surface area contributed by atoms with Gasteiger partial charge in [0.2, 0.25) is 10.0 Å². The lowest BCUT2D eigenvalue weighted by atomic mass is 10.1. The standard InChI is InChI=1S/C10H13NO4S/c1-7-5-4-6-8(10(12)13)9(7)16(14,15)11(2)3/h4-6H,1-3H3,(H,12,13). The van der Waals surface area contributed by atoms with Gasteiger partial charge in [0.05, 0.1) is 10.5 Å². The number of carboxylic acid groups (broad SMARTS) is 1. The molecule has 0 aliphatic carbocycles. The molecule has 6 heteroatoms. The monoisotopic (exact) mass is 243 g/mol. The second-order valence-electron chi connectivity index (χ2n) is 3.54. The molecule has 1 aromatic carbocycles.